The van der Waals surface area contributed by atoms with Gasteiger partial charge in [-0.15, -0.1) is 0 Å². The lowest BCUT2D eigenvalue weighted by molar-refractivity contribution is -0.134. The fraction of sp³-hybridized carbons (Fsp3) is 0.321. The summed E-state index contributed by atoms with van der Waals surface area (Å²) >= 11 is 0. The topological polar surface area (TPSA) is 160 Å². The van der Waals surface area contributed by atoms with Crippen LogP contribution in [0.3, 0.4) is 0 Å². The van der Waals surface area contributed by atoms with Crippen LogP contribution < -0.4 is 5.73 Å². The number of benzene rings is 1. The predicted molar refractivity (Wildman–Crippen MR) is 147 cm³/mol. The first-order chi connectivity index (χ1) is 18.0. The smallest absolute Gasteiger partial charge is 0.328 e. The van der Waals surface area contributed by atoms with Crippen molar-refractivity contribution in [2.75, 3.05) is 5.73 Å². The molecule has 206 valence electrons. The van der Waals surface area contributed by atoms with E-state index in [0.29, 0.717) is 30.3 Å². The molecule has 0 saturated heterocycles. The Labute approximate surface area is 225 Å². The van der Waals surface area contributed by atoms with Gasteiger partial charge in [-0.3, -0.25) is 4.57 Å². The first-order valence-electron chi connectivity index (χ1n) is 12.2. The number of pyridine rings is 1. The number of hydrogen-bond donors (Lipinski definition) is 4. The molecule has 0 fully saturated rings. The van der Waals surface area contributed by atoms with Crippen LogP contribution >= 0.6 is 0 Å². The number of rotatable bonds is 5. The van der Waals surface area contributed by atoms with E-state index in [1.54, 1.807) is 12.1 Å². The van der Waals surface area contributed by atoms with Gasteiger partial charge in [0.05, 0.1) is 11.4 Å². The maximum atomic E-state index is 13.5. The molecule has 11 heteroatoms. The highest BCUT2D eigenvalue weighted by molar-refractivity contribution is 5.89. The summed E-state index contributed by atoms with van der Waals surface area (Å²) in [6.07, 6.45) is 1.12. The van der Waals surface area contributed by atoms with Gasteiger partial charge < -0.3 is 20.9 Å². The highest BCUT2D eigenvalue weighted by atomic mass is 19.1. The number of aromatic amines is 1. The van der Waals surface area contributed by atoms with Gasteiger partial charge in [-0.25, -0.2) is 28.9 Å². The van der Waals surface area contributed by atoms with Crippen molar-refractivity contribution in [1.82, 2.24) is 24.5 Å². The number of nitrogens with zero attached hydrogens (tertiary/aromatic N) is 4. The number of nitrogen functional groups attached to an aromatic ring is 1. The van der Waals surface area contributed by atoms with Gasteiger partial charge in [-0.1, -0.05) is 41.5 Å². The molecule has 0 atom stereocenters. The zero-order valence-electron chi connectivity index (χ0n) is 22.8. The standard InChI is InChI=1S/C24H29FN6.C4H4O4/c1-23(2,3)13-31-20-17(28-22(31)26)12-11-16(27-20)19-18(14-7-9-15(25)10-8-14)29-21(30-19)24(4,5)6;5-3(6)1-2-4(7)8/h7-12H,13H2,1-6H3,(H2,26,28)(H,29,30);1-2H,(H,5,6)(H,7,8). The molecular formula is C28H33FN6O4. The average molecular weight is 537 g/mol. The van der Waals surface area contributed by atoms with Crippen LogP contribution in [0.15, 0.2) is 48.6 Å². The van der Waals surface area contributed by atoms with Crippen molar-refractivity contribution in [1.29, 1.82) is 0 Å². The second-order valence-corrected chi connectivity index (χ2v) is 11.2. The maximum absolute atomic E-state index is 13.5. The van der Waals surface area contributed by atoms with Gasteiger partial charge in [0.1, 0.15) is 22.9 Å². The molecule has 0 bridgehead atoms. The fourth-order valence-electron chi connectivity index (χ4n) is 3.66. The van der Waals surface area contributed by atoms with Crippen molar-refractivity contribution in [2.45, 2.75) is 53.5 Å². The molecular weight excluding hydrogens is 503 g/mol. The van der Waals surface area contributed by atoms with Crippen molar-refractivity contribution >= 4 is 29.1 Å². The van der Waals surface area contributed by atoms with Crippen molar-refractivity contribution in [3.8, 4) is 22.6 Å². The van der Waals surface area contributed by atoms with Gasteiger partial charge in [0.25, 0.3) is 0 Å². The number of hydrogen-bond acceptors (Lipinski definition) is 6. The monoisotopic (exact) mass is 536 g/mol. The molecule has 4 rings (SSSR count). The Morgan fingerprint density at radius 2 is 1.54 bits per heavy atom. The number of H-pyrrole nitrogens is 1. The summed E-state index contributed by atoms with van der Waals surface area (Å²) < 4.78 is 15.5. The van der Waals surface area contributed by atoms with Gasteiger partial charge in [0.2, 0.25) is 5.95 Å². The van der Waals surface area contributed by atoms with E-state index in [2.05, 4.69) is 51.5 Å². The summed E-state index contributed by atoms with van der Waals surface area (Å²) in [5, 5.41) is 15.6. The predicted octanol–water partition coefficient (Wildman–Crippen LogP) is 5.27. The van der Waals surface area contributed by atoms with Crippen LogP contribution in [-0.4, -0.2) is 46.7 Å². The minimum Gasteiger partial charge on any atom is -0.478 e. The largest absolute Gasteiger partial charge is 0.478 e. The minimum atomic E-state index is -1.26. The molecule has 5 N–H and O–H groups in total. The SMILES string of the molecule is CC(C)(C)Cn1c(N)nc2ccc(-c3nc(C(C)(C)C)[nH]c3-c3ccc(F)cc3)nc21.O=C(O)C=CC(=O)O. The van der Waals surface area contributed by atoms with E-state index in [4.69, 9.17) is 25.9 Å². The van der Waals surface area contributed by atoms with Gasteiger partial charge in [-0.05, 0) is 41.8 Å². The van der Waals surface area contributed by atoms with Crippen molar-refractivity contribution in [3.05, 3.63) is 60.2 Å². The number of halogens is 1. The molecule has 3 aromatic heterocycles. The van der Waals surface area contributed by atoms with E-state index in [0.717, 1.165) is 33.9 Å². The van der Waals surface area contributed by atoms with Crippen molar-refractivity contribution in [3.63, 3.8) is 0 Å². The average Bonchev–Trinajstić information content (AvgIpc) is 3.39. The van der Waals surface area contributed by atoms with Crippen LogP contribution in [0.5, 0.6) is 0 Å². The third-order valence-electron chi connectivity index (χ3n) is 5.41. The van der Waals surface area contributed by atoms with Crippen molar-refractivity contribution in [2.24, 2.45) is 5.41 Å². The number of anilines is 1. The normalized spacial score (nSPS) is 12.0. The molecule has 10 nitrogen and oxygen atoms in total. The molecule has 4 aromatic rings. The van der Waals surface area contributed by atoms with E-state index >= 15 is 0 Å². The summed E-state index contributed by atoms with van der Waals surface area (Å²) in [6, 6.07) is 10.2. The molecule has 39 heavy (non-hydrogen) atoms. The van der Waals surface area contributed by atoms with Gasteiger partial charge in [0.15, 0.2) is 5.65 Å². The molecule has 0 radical (unpaired) electrons. The summed E-state index contributed by atoms with van der Waals surface area (Å²) in [5.74, 6) is -1.50. The number of carboxylic acid groups (broad SMARTS) is 2. The number of aliphatic carboxylic acids is 2. The Morgan fingerprint density at radius 1 is 0.949 bits per heavy atom. The first kappa shape index (κ1) is 29.0. The van der Waals surface area contributed by atoms with Gasteiger partial charge >= 0.3 is 11.9 Å². The summed E-state index contributed by atoms with van der Waals surface area (Å²) in [6.45, 7) is 13.4. The molecule has 0 aliphatic carbocycles. The van der Waals surface area contributed by atoms with E-state index in [9.17, 15) is 14.0 Å². The van der Waals surface area contributed by atoms with Crippen LogP contribution in [0.4, 0.5) is 10.3 Å². The summed E-state index contributed by atoms with van der Waals surface area (Å²) in [4.78, 5) is 36.8. The van der Waals surface area contributed by atoms with Crippen LogP contribution in [0.25, 0.3) is 33.8 Å². The third kappa shape index (κ3) is 7.50. The highest BCUT2D eigenvalue weighted by Gasteiger charge is 2.24. The van der Waals surface area contributed by atoms with E-state index < -0.39 is 11.9 Å². The number of fused-ring (bicyclic) bond motifs is 1. The number of imidazole rings is 2. The lowest BCUT2D eigenvalue weighted by atomic mass is 9.96. The first-order valence-corrected chi connectivity index (χ1v) is 12.2. The molecule has 0 unspecified atom stereocenters. The molecule has 0 spiro atoms. The molecule has 0 aliphatic heterocycles. The van der Waals surface area contributed by atoms with Gasteiger partial charge in [0, 0.05) is 29.7 Å². The van der Waals surface area contributed by atoms with Crippen LogP contribution in [0, 0.1) is 11.2 Å². The second kappa shape index (κ2) is 11.1. The van der Waals surface area contributed by atoms with Crippen molar-refractivity contribution < 1.29 is 24.2 Å². The number of aromatic nitrogens is 5. The number of carbonyl (C=O) groups is 2. The molecule has 1 aromatic carbocycles. The zero-order valence-corrected chi connectivity index (χ0v) is 22.8. The maximum Gasteiger partial charge on any atom is 0.328 e. The Balaban J connectivity index is 0.000000459. The molecule has 0 amide bonds. The molecule has 0 aliphatic rings. The van der Waals surface area contributed by atoms with E-state index in [-0.39, 0.29) is 16.6 Å². The lowest BCUT2D eigenvalue weighted by Crippen LogP contribution is -2.17. The lowest BCUT2D eigenvalue weighted by Gasteiger charge is -2.19. The van der Waals surface area contributed by atoms with Crippen LogP contribution in [0.2, 0.25) is 0 Å². The third-order valence-corrected chi connectivity index (χ3v) is 5.41. The van der Waals surface area contributed by atoms with E-state index in [1.165, 1.54) is 12.1 Å². The number of nitrogens with two attached hydrogens (primary N) is 1. The van der Waals surface area contributed by atoms with Crippen LogP contribution in [0.1, 0.15) is 47.4 Å². The highest BCUT2D eigenvalue weighted by Crippen LogP contribution is 2.34. The molecule has 0 saturated carbocycles. The fourth-order valence-corrected chi connectivity index (χ4v) is 3.66. The second-order valence-electron chi connectivity index (χ2n) is 11.2. The van der Waals surface area contributed by atoms with Gasteiger partial charge in [-0.2, -0.15) is 0 Å². The number of carboxylic acids is 2. The van der Waals surface area contributed by atoms with E-state index in [1.807, 2.05) is 16.7 Å². The zero-order chi connectivity index (χ0) is 29.1. The quantitative estimate of drug-likeness (QED) is 0.251. The Morgan fingerprint density at radius 3 is 2.05 bits per heavy atom. The number of nitrogens with one attached hydrogen (secondary N) is 1. The minimum absolute atomic E-state index is 0.0183. The summed E-state index contributed by atoms with van der Waals surface area (Å²) in [7, 11) is 0. The Bertz CT molecular complexity index is 1510. The Hall–Kier alpha value is -4.54. The summed E-state index contributed by atoms with van der Waals surface area (Å²) in [5.41, 5.74) is 10.6. The Kier molecular flexibility index (Phi) is 8.23. The van der Waals surface area contributed by atoms with Crippen LogP contribution in [-0.2, 0) is 21.5 Å². The molecule has 3 heterocycles.